The molecule has 0 saturated carbocycles. The van der Waals surface area contributed by atoms with Gasteiger partial charge in [0.1, 0.15) is 5.75 Å². The molecule has 1 saturated heterocycles. The first kappa shape index (κ1) is 30.2. The predicted octanol–water partition coefficient (Wildman–Crippen LogP) is 5.59. The molecule has 0 radical (unpaired) electrons. The number of halogens is 3. The number of ether oxygens (including phenoxy) is 1. The number of methoxy groups -OCH3 is 1. The number of piperazine rings is 1. The number of hydrogen-bond acceptors (Lipinski definition) is 4. The second-order valence-electron chi connectivity index (χ2n) is 9.65. The summed E-state index contributed by atoms with van der Waals surface area (Å²) in [5.41, 5.74) is 0.166. The molecule has 9 heteroatoms. The minimum Gasteiger partial charge on any atom is -0.496 e. The molecule has 39 heavy (non-hydrogen) atoms. The number of nitrogens with zero attached hydrogens (tertiary/aromatic N) is 3. The lowest BCUT2D eigenvalue weighted by molar-refractivity contribution is -0.137. The summed E-state index contributed by atoms with van der Waals surface area (Å²) in [4.78, 5) is 31.4. The fraction of sp³-hybridized carbons (Fsp3) is 0.467. The van der Waals surface area contributed by atoms with E-state index in [9.17, 15) is 22.8 Å². The van der Waals surface area contributed by atoms with Gasteiger partial charge < -0.3 is 14.5 Å². The summed E-state index contributed by atoms with van der Waals surface area (Å²) >= 11 is 0. The molecule has 0 N–H and O–H groups in total. The lowest BCUT2D eigenvalue weighted by atomic mass is 10.1. The number of hydrogen-bond donors (Lipinski definition) is 0. The van der Waals surface area contributed by atoms with Gasteiger partial charge in [0.2, 0.25) is 5.91 Å². The van der Waals surface area contributed by atoms with Gasteiger partial charge in [0.15, 0.2) is 0 Å². The molecule has 2 aromatic carbocycles. The molecule has 1 fully saturated rings. The molecule has 2 aromatic rings. The van der Waals surface area contributed by atoms with E-state index in [1.54, 1.807) is 12.0 Å². The third kappa shape index (κ3) is 9.13. The van der Waals surface area contributed by atoms with E-state index in [0.29, 0.717) is 52.2 Å². The quantitative estimate of drug-likeness (QED) is 0.326. The van der Waals surface area contributed by atoms with Crippen molar-refractivity contribution in [1.82, 2.24) is 14.7 Å². The van der Waals surface area contributed by atoms with Crippen LogP contribution in [0.25, 0.3) is 6.08 Å². The number of para-hydroxylation sites is 1. The Morgan fingerprint density at radius 2 is 1.77 bits per heavy atom. The van der Waals surface area contributed by atoms with Crippen molar-refractivity contribution in [2.75, 3.05) is 52.9 Å². The molecule has 212 valence electrons. The van der Waals surface area contributed by atoms with Gasteiger partial charge in [0.25, 0.3) is 5.91 Å². The van der Waals surface area contributed by atoms with Crippen molar-refractivity contribution in [3.8, 4) is 5.75 Å². The van der Waals surface area contributed by atoms with Crippen molar-refractivity contribution in [2.45, 2.75) is 38.8 Å². The van der Waals surface area contributed by atoms with Gasteiger partial charge in [-0.2, -0.15) is 13.2 Å². The summed E-state index contributed by atoms with van der Waals surface area (Å²) in [6.07, 6.45) is 2.87. The summed E-state index contributed by atoms with van der Waals surface area (Å²) in [6.45, 7) is 5.85. The number of alkyl halides is 3. The Morgan fingerprint density at radius 3 is 2.46 bits per heavy atom. The van der Waals surface area contributed by atoms with E-state index >= 15 is 0 Å². The Balaban J connectivity index is 1.55. The van der Waals surface area contributed by atoms with Gasteiger partial charge in [-0.3, -0.25) is 14.5 Å². The maximum Gasteiger partial charge on any atom is 0.416 e. The van der Waals surface area contributed by atoms with E-state index in [-0.39, 0.29) is 11.5 Å². The second kappa shape index (κ2) is 14.7. The first-order valence-electron chi connectivity index (χ1n) is 13.5. The average Bonchev–Trinajstić information content (AvgIpc) is 2.94. The zero-order valence-electron chi connectivity index (χ0n) is 22.8. The summed E-state index contributed by atoms with van der Waals surface area (Å²) in [7, 11) is 1.63. The Labute approximate surface area is 229 Å². The number of amides is 2. The van der Waals surface area contributed by atoms with Gasteiger partial charge in [-0.25, -0.2) is 0 Å². The Kier molecular flexibility index (Phi) is 11.4. The SMILES string of the molecule is CCCCCC(=O)N(CC=Cc1ccccc1OC)CCN1CCN(C(=O)c2cccc(C(F)(F)F)c2)CC1. The summed E-state index contributed by atoms with van der Waals surface area (Å²) in [6, 6.07) is 12.3. The average molecular weight is 546 g/mol. The molecule has 2 amide bonds. The van der Waals surface area contributed by atoms with Crippen molar-refractivity contribution in [1.29, 1.82) is 0 Å². The Morgan fingerprint density at radius 1 is 1.03 bits per heavy atom. The first-order chi connectivity index (χ1) is 18.7. The molecule has 0 spiro atoms. The van der Waals surface area contributed by atoms with Crippen molar-refractivity contribution < 1.29 is 27.5 Å². The van der Waals surface area contributed by atoms with Crippen molar-refractivity contribution in [3.63, 3.8) is 0 Å². The van der Waals surface area contributed by atoms with Crippen LogP contribution in [0.15, 0.2) is 54.6 Å². The molecule has 0 unspecified atom stereocenters. The maximum atomic E-state index is 13.0. The molecule has 6 nitrogen and oxygen atoms in total. The summed E-state index contributed by atoms with van der Waals surface area (Å²) < 4.78 is 44.5. The van der Waals surface area contributed by atoms with Gasteiger partial charge in [0.05, 0.1) is 12.7 Å². The van der Waals surface area contributed by atoms with Gasteiger partial charge in [-0.1, -0.05) is 56.2 Å². The van der Waals surface area contributed by atoms with Crippen LogP contribution in [0.5, 0.6) is 5.75 Å². The van der Waals surface area contributed by atoms with Crippen LogP contribution in [0.4, 0.5) is 13.2 Å². The first-order valence-corrected chi connectivity index (χ1v) is 13.5. The fourth-order valence-corrected chi connectivity index (χ4v) is 4.56. The lowest BCUT2D eigenvalue weighted by Gasteiger charge is -2.36. The van der Waals surface area contributed by atoms with Gasteiger partial charge in [-0.05, 0) is 30.7 Å². The van der Waals surface area contributed by atoms with Crippen molar-refractivity contribution >= 4 is 17.9 Å². The zero-order valence-corrected chi connectivity index (χ0v) is 22.8. The minimum absolute atomic E-state index is 0.0453. The van der Waals surface area contributed by atoms with Crippen molar-refractivity contribution in [3.05, 3.63) is 71.3 Å². The van der Waals surface area contributed by atoms with Gasteiger partial charge in [-0.15, -0.1) is 0 Å². The smallest absolute Gasteiger partial charge is 0.416 e. The highest BCUT2D eigenvalue weighted by atomic mass is 19.4. The van der Waals surface area contributed by atoms with E-state index in [0.717, 1.165) is 42.7 Å². The molecule has 0 bridgehead atoms. The van der Waals surface area contributed by atoms with E-state index in [2.05, 4.69) is 11.8 Å². The van der Waals surface area contributed by atoms with Crippen LogP contribution in [0, 0.1) is 0 Å². The topological polar surface area (TPSA) is 53.1 Å². The molecule has 0 aliphatic carbocycles. The highest BCUT2D eigenvalue weighted by Crippen LogP contribution is 2.30. The van der Waals surface area contributed by atoms with Crippen LogP contribution in [-0.4, -0.2) is 79.4 Å². The number of carbonyl (C=O) groups is 2. The van der Waals surface area contributed by atoms with Gasteiger partial charge >= 0.3 is 6.18 Å². The lowest BCUT2D eigenvalue weighted by Crippen LogP contribution is -2.50. The van der Waals surface area contributed by atoms with Crippen LogP contribution < -0.4 is 4.74 Å². The Hall–Kier alpha value is -3.33. The molecule has 0 atom stereocenters. The second-order valence-corrected chi connectivity index (χ2v) is 9.65. The van der Waals surface area contributed by atoms with Crippen LogP contribution in [0.1, 0.15) is 54.1 Å². The molecule has 3 rings (SSSR count). The molecule has 1 aliphatic heterocycles. The third-order valence-electron chi connectivity index (χ3n) is 6.89. The Bertz CT molecular complexity index is 1110. The van der Waals surface area contributed by atoms with Crippen LogP contribution >= 0.6 is 0 Å². The van der Waals surface area contributed by atoms with Crippen molar-refractivity contribution in [2.24, 2.45) is 0 Å². The normalized spacial score (nSPS) is 14.5. The third-order valence-corrected chi connectivity index (χ3v) is 6.89. The van der Waals surface area contributed by atoms with Crippen LogP contribution in [0.2, 0.25) is 0 Å². The minimum atomic E-state index is -4.49. The number of unbranched alkanes of at least 4 members (excludes halogenated alkanes) is 2. The molecule has 1 heterocycles. The van der Waals surface area contributed by atoms with E-state index in [1.807, 2.05) is 41.3 Å². The fourth-order valence-electron chi connectivity index (χ4n) is 4.56. The highest BCUT2D eigenvalue weighted by molar-refractivity contribution is 5.94. The molecular formula is C30H38F3N3O3. The van der Waals surface area contributed by atoms with E-state index < -0.39 is 17.6 Å². The van der Waals surface area contributed by atoms with Gasteiger partial charge in [0, 0.05) is 63.4 Å². The van der Waals surface area contributed by atoms with E-state index in [1.165, 1.54) is 12.1 Å². The standard InChI is InChI=1S/C30H38F3N3O3/c1-3-4-5-15-28(37)35(16-9-12-24-10-6-7-14-27(24)39-2)20-17-34-18-21-36(22-19-34)29(38)25-11-8-13-26(23-25)30(31,32)33/h6-14,23H,3-5,15-22H2,1-2H3. The zero-order chi connectivity index (χ0) is 28.3. The van der Waals surface area contributed by atoms with E-state index in [4.69, 9.17) is 4.74 Å². The van der Waals surface area contributed by atoms with Crippen LogP contribution in [0.3, 0.4) is 0 Å². The number of benzene rings is 2. The van der Waals surface area contributed by atoms with Crippen LogP contribution in [-0.2, 0) is 11.0 Å². The largest absolute Gasteiger partial charge is 0.496 e. The molecule has 1 aliphatic rings. The summed E-state index contributed by atoms with van der Waals surface area (Å²) in [5.74, 6) is 0.494. The molecular weight excluding hydrogens is 507 g/mol. The molecule has 0 aromatic heterocycles. The summed E-state index contributed by atoms with van der Waals surface area (Å²) in [5, 5.41) is 0. The maximum absolute atomic E-state index is 13.0. The predicted molar refractivity (Wildman–Crippen MR) is 147 cm³/mol. The monoisotopic (exact) mass is 545 g/mol. The number of carbonyl (C=O) groups excluding carboxylic acids is 2. The highest BCUT2D eigenvalue weighted by Gasteiger charge is 2.31. The number of rotatable bonds is 12.